The fourth-order valence-corrected chi connectivity index (χ4v) is 10.9. The van der Waals surface area contributed by atoms with Gasteiger partial charge in [0.1, 0.15) is 73.2 Å². The first kappa shape index (κ1) is 74.3. The lowest BCUT2D eigenvalue weighted by Gasteiger charge is -2.48. The Hall–Kier alpha value is -1.99. The van der Waals surface area contributed by atoms with Crippen LogP contribution in [0.25, 0.3) is 0 Å². The summed E-state index contributed by atoms with van der Waals surface area (Å²) in [6.07, 6.45) is 24.2. The Morgan fingerprint density at radius 1 is 0.427 bits per heavy atom. The van der Waals surface area contributed by atoms with Gasteiger partial charge in [0, 0.05) is 6.42 Å². The van der Waals surface area contributed by atoms with Crippen LogP contribution in [0.5, 0.6) is 0 Å². The standard InChI is InChI=1S/C63H115NO18/c1-3-5-7-9-11-13-15-17-18-19-20-21-22-23-24-25-26-27-29-30-32-34-36-38-40-47(68)46(64-51(69)41-39-37-35-33-31-28-16-14-12-10-8-6-4-2)45-77-61-57(75)54(72)59(49(43-66)79-61)82-63-58(76)55(73)60(50(44-67)80-63)81-62-56(74)53(71)52(70)48(42-65)78-62/h25-26,30,32,38,40,46-50,52-63,65-68,70-76H,3-24,27-29,31,33-37,39,41-45H2,1-2H3,(H,64,69)/b26-25+,32-30+,40-38+. The van der Waals surface area contributed by atoms with E-state index in [-0.39, 0.29) is 18.9 Å². The second-order valence-electron chi connectivity index (χ2n) is 23.2. The average molecular weight is 1170 g/mol. The number of carbonyl (C=O) groups is 1. The maximum absolute atomic E-state index is 13.3. The molecule has 0 aromatic heterocycles. The number of rotatable bonds is 48. The topological polar surface area (TPSA) is 307 Å². The molecule has 0 saturated carbocycles. The summed E-state index contributed by atoms with van der Waals surface area (Å²) in [4.78, 5) is 13.3. The molecule has 3 rings (SSSR count). The van der Waals surface area contributed by atoms with Gasteiger partial charge in [0.15, 0.2) is 18.9 Å². The fraction of sp³-hybridized carbons (Fsp3) is 0.889. The van der Waals surface area contributed by atoms with Gasteiger partial charge >= 0.3 is 0 Å². The highest BCUT2D eigenvalue weighted by molar-refractivity contribution is 5.76. The molecule has 0 aromatic rings. The Morgan fingerprint density at radius 3 is 1.22 bits per heavy atom. The fourth-order valence-electron chi connectivity index (χ4n) is 10.9. The van der Waals surface area contributed by atoms with E-state index in [0.717, 1.165) is 44.9 Å². The van der Waals surface area contributed by atoms with Crippen molar-refractivity contribution in [3.63, 3.8) is 0 Å². The van der Waals surface area contributed by atoms with E-state index in [4.69, 9.17) is 28.4 Å². The second kappa shape index (κ2) is 46.2. The molecule has 1 amide bonds. The largest absolute Gasteiger partial charge is 0.394 e. The van der Waals surface area contributed by atoms with Crippen LogP contribution >= 0.6 is 0 Å². The highest BCUT2D eigenvalue weighted by Crippen LogP contribution is 2.33. The Bertz CT molecular complexity index is 1640. The molecule has 0 aromatic carbocycles. The third-order valence-electron chi connectivity index (χ3n) is 16.2. The highest BCUT2D eigenvalue weighted by atomic mass is 16.8. The van der Waals surface area contributed by atoms with Gasteiger partial charge in [0.05, 0.1) is 38.6 Å². The van der Waals surface area contributed by atoms with Gasteiger partial charge in [0.25, 0.3) is 0 Å². The summed E-state index contributed by atoms with van der Waals surface area (Å²) in [7, 11) is 0. The van der Waals surface area contributed by atoms with Crippen molar-refractivity contribution in [1.29, 1.82) is 0 Å². The molecule has 12 N–H and O–H groups in total. The van der Waals surface area contributed by atoms with E-state index in [0.29, 0.717) is 12.8 Å². The minimum atomic E-state index is -1.98. The highest BCUT2D eigenvalue weighted by Gasteiger charge is 2.53. The van der Waals surface area contributed by atoms with Crippen LogP contribution in [0.4, 0.5) is 0 Å². The van der Waals surface area contributed by atoms with Gasteiger partial charge in [-0.15, -0.1) is 0 Å². The lowest BCUT2D eigenvalue weighted by atomic mass is 9.96. The van der Waals surface area contributed by atoms with Gasteiger partial charge in [0.2, 0.25) is 5.91 Å². The summed E-state index contributed by atoms with van der Waals surface area (Å²) in [6.45, 7) is 1.70. The maximum Gasteiger partial charge on any atom is 0.220 e. The van der Waals surface area contributed by atoms with Crippen molar-refractivity contribution in [3.8, 4) is 0 Å². The molecule has 0 aliphatic carbocycles. The Kier molecular flexibility index (Phi) is 41.8. The molecule has 3 aliphatic heterocycles. The quantitative estimate of drug-likeness (QED) is 0.0218. The zero-order valence-corrected chi connectivity index (χ0v) is 50.2. The average Bonchev–Trinajstić information content (AvgIpc) is 3.53. The van der Waals surface area contributed by atoms with E-state index in [1.165, 1.54) is 148 Å². The van der Waals surface area contributed by atoms with E-state index in [1.807, 2.05) is 6.08 Å². The molecular weight excluding hydrogens is 1060 g/mol. The summed E-state index contributed by atoms with van der Waals surface area (Å²) >= 11 is 0. The molecule has 3 heterocycles. The molecule has 0 radical (unpaired) electrons. The van der Waals surface area contributed by atoms with E-state index < -0.39 is 124 Å². The summed E-state index contributed by atoms with van der Waals surface area (Å²) in [5, 5.41) is 120. The number of carbonyl (C=O) groups excluding carboxylic acids is 1. The van der Waals surface area contributed by atoms with E-state index in [9.17, 15) is 61.0 Å². The summed E-state index contributed by atoms with van der Waals surface area (Å²) in [5.74, 6) is -0.289. The van der Waals surface area contributed by atoms with Crippen LogP contribution in [0.1, 0.15) is 226 Å². The van der Waals surface area contributed by atoms with Crippen molar-refractivity contribution in [2.75, 3.05) is 26.4 Å². The molecule has 19 heteroatoms. The van der Waals surface area contributed by atoms with Crippen LogP contribution in [0.15, 0.2) is 36.5 Å². The summed E-state index contributed by atoms with van der Waals surface area (Å²) in [6, 6.07) is -0.993. The molecule has 0 bridgehead atoms. The van der Waals surface area contributed by atoms with Gasteiger partial charge in [-0.2, -0.15) is 0 Å². The van der Waals surface area contributed by atoms with Crippen molar-refractivity contribution in [2.24, 2.45) is 0 Å². The van der Waals surface area contributed by atoms with Crippen LogP contribution < -0.4 is 5.32 Å². The van der Waals surface area contributed by atoms with Crippen molar-refractivity contribution in [3.05, 3.63) is 36.5 Å². The Labute approximate surface area is 491 Å². The zero-order chi connectivity index (χ0) is 59.7. The first-order chi connectivity index (χ1) is 39.8. The van der Waals surface area contributed by atoms with Crippen LogP contribution in [0.2, 0.25) is 0 Å². The SMILES string of the molecule is CCCCCCCCCCCCCCCC/C=C/CC/C=C/CC/C=C/C(O)C(COC1OC(CO)C(OC2OC(CO)C(OC3OC(CO)C(O)C(O)C3O)C(O)C2O)C(O)C1O)NC(=O)CCCCCCCCCCCCCCC. The van der Waals surface area contributed by atoms with Crippen molar-refractivity contribution in [2.45, 2.75) is 330 Å². The Morgan fingerprint density at radius 2 is 0.780 bits per heavy atom. The third kappa shape index (κ3) is 29.1. The minimum absolute atomic E-state index is 0.235. The van der Waals surface area contributed by atoms with Gasteiger partial charge in [-0.3, -0.25) is 4.79 Å². The van der Waals surface area contributed by atoms with Crippen LogP contribution in [0.3, 0.4) is 0 Å². The normalized spacial score (nSPS) is 29.8. The van der Waals surface area contributed by atoms with Crippen molar-refractivity contribution < 1.29 is 89.4 Å². The number of nitrogens with one attached hydrogen (secondary N) is 1. The number of allylic oxidation sites excluding steroid dienone is 5. The Balaban J connectivity index is 1.48. The van der Waals surface area contributed by atoms with Crippen LogP contribution in [-0.4, -0.2) is 193 Å². The molecule has 3 aliphatic rings. The monoisotopic (exact) mass is 1170 g/mol. The lowest BCUT2D eigenvalue weighted by Crippen LogP contribution is -2.66. The van der Waals surface area contributed by atoms with Gasteiger partial charge in [-0.05, 0) is 44.9 Å². The van der Waals surface area contributed by atoms with Crippen molar-refractivity contribution >= 4 is 5.91 Å². The molecule has 82 heavy (non-hydrogen) atoms. The molecule has 3 saturated heterocycles. The van der Waals surface area contributed by atoms with Gasteiger partial charge in [-0.25, -0.2) is 0 Å². The first-order valence-corrected chi connectivity index (χ1v) is 32.2. The predicted octanol–water partition coefficient (Wildman–Crippen LogP) is 6.88. The first-order valence-electron chi connectivity index (χ1n) is 32.2. The second-order valence-corrected chi connectivity index (χ2v) is 23.2. The molecule has 19 nitrogen and oxygen atoms in total. The number of unbranched alkanes of at least 4 members (excludes halogenated alkanes) is 28. The number of aliphatic hydroxyl groups excluding tert-OH is 11. The minimum Gasteiger partial charge on any atom is -0.394 e. The molecule has 17 atom stereocenters. The number of hydrogen-bond donors (Lipinski definition) is 12. The van der Waals surface area contributed by atoms with E-state index in [1.54, 1.807) is 6.08 Å². The molecular formula is C63H115NO18. The predicted molar refractivity (Wildman–Crippen MR) is 314 cm³/mol. The number of hydrogen-bond acceptors (Lipinski definition) is 18. The molecule has 3 fully saturated rings. The molecule has 17 unspecified atom stereocenters. The van der Waals surface area contributed by atoms with Crippen LogP contribution in [-0.2, 0) is 33.2 Å². The molecule has 480 valence electrons. The van der Waals surface area contributed by atoms with Gasteiger partial charge < -0.3 is 89.9 Å². The van der Waals surface area contributed by atoms with Crippen LogP contribution in [0, 0.1) is 0 Å². The maximum atomic E-state index is 13.3. The van der Waals surface area contributed by atoms with Crippen molar-refractivity contribution in [1.82, 2.24) is 5.32 Å². The summed E-state index contributed by atoms with van der Waals surface area (Å²) < 4.78 is 34.2. The van der Waals surface area contributed by atoms with Gasteiger partial charge in [-0.1, -0.05) is 211 Å². The number of amides is 1. The van der Waals surface area contributed by atoms with E-state index >= 15 is 0 Å². The molecule has 0 spiro atoms. The summed E-state index contributed by atoms with van der Waals surface area (Å²) in [5.41, 5.74) is 0. The number of ether oxygens (including phenoxy) is 6. The van der Waals surface area contributed by atoms with E-state index in [2.05, 4.69) is 43.5 Å². The number of aliphatic hydroxyl groups is 11. The third-order valence-corrected chi connectivity index (χ3v) is 16.2. The lowest BCUT2D eigenvalue weighted by molar-refractivity contribution is -0.379. The zero-order valence-electron chi connectivity index (χ0n) is 50.2. The smallest absolute Gasteiger partial charge is 0.220 e.